The molecule has 0 saturated carbocycles. The molecule has 0 radical (unpaired) electrons. The number of aromatic nitrogens is 2. The highest BCUT2D eigenvalue weighted by atomic mass is 14.9. The average Bonchev–Trinajstić information content (AvgIpc) is 2.39. The number of nitrogen functional groups attached to an aromatic ring is 1. The fourth-order valence-corrected chi connectivity index (χ4v) is 2.17. The van der Waals surface area contributed by atoms with Gasteiger partial charge in [0.2, 0.25) is 0 Å². The zero-order valence-corrected chi connectivity index (χ0v) is 10.1. The number of benzene rings is 1. The quantitative estimate of drug-likeness (QED) is 0.658. The summed E-state index contributed by atoms with van der Waals surface area (Å²) in [5, 5.41) is 2.13. The number of fused-ring (bicyclic) bond motifs is 3. The summed E-state index contributed by atoms with van der Waals surface area (Å²) in [5.41, 5.74) is 8.75. The molecule has 18 heavy (non-hydrogen) atoms. The van der Waals surface area contributed by atoms with Crippen molar-refractivity contribution in [3.05, 3.63) is 48.2 Å². The van der Waals surface area contributed by atoms with E-state index >= 15 is 0 Å². The van der Waals surface area contributed by atoms with Crippen molar-refractivity contribution in [2.24, 2.45) is 0 Å². The van der Waals surface area contributed by atoms with Gasteiger partial charge in [0.15, 0.2) is 5.82 Å². The molecule has 3 nitrogen and oxygen atoms in total. The van der Waals surface area contributed by atoms with Crippen LogP contribution in [0.2, 0.25) is 0 Å². The molecule has 0 spiro atoms. The van der Waals surface area contributed by atoms with Gasteiger partial charge in [-0.3, -0.25) is 4.98 Å². The van der Waals surface area contributed by atoms with Crippen LogP contribution >= 0.6 is 0 Å². The van der Waals surface area contributed by atoms with Crippen molar-refractivity contribution in [3.8, 4) is 0 Å². The van der Waals surface area contributed by atoms with Crippen LogP contribution in [0.4, 0.5) is 5.82 Å². The van der Waals surface area contributed by atoms with Gasteiger partial charge >= 0.3 is 0 Å². The van der Waals surface area contributed by atoms with Crippen molar-refractivity contribution >= 4 is 33.7 Å². The van der Waals surface area contributed by atoms with Crippen molar-refractivity contribution < 1.29 is 0 Å². The smallest absolute Gasteiger partial charge is 0.150 e. The molecule has 0 atom stereocenters. The number of rotatable bonds is 1. The fraction of sp³-hybridized carbons (Fsp3) is 0.0667. The van der Waals surface area contributed by atoms with E-state index in [9.17, 15) is 0 Å². The largest absolute Gasteiger partial charge is 0.382 e. The highest BCUT2D eigenvalue weighted by molar-refractivity contribution is 6.08. The number of hydrogen-bond acceptors (Lipinski definition) is 3. The third-order valence-corrected chi connectivity index (χ3v) is 2.96. The third-order valence-electron chi connectivity index (χ3n) is 2.96. The predicted molar refractivity (Wildman–Crippen MR) is 76.2 cm³/mol. The van der Waals surface area contributed by atoms with Crippen LogP contribution in [-0.4, -0.2) is 9.97 Å². The van der Waals surface area contributed by atoms with Crippen LogP contribution in [0.25, 0.3) is 27.9 Å². The SMILES string of the molecule is CC=Cc1ccc2c(c1)nc(N)c1ncccc12. The van der Waals surface area contributed by atoms with E-state index in [0.717, 1.165) is 27.4 Å². The maximum atomic E-state index is 5.95. The molecule has 2 heterocycles. The van der Waals surface area contributed by atoms with Gasteiger partial charge < -0.3 is 5.73 Å². The molecule has 1 aromatic carbocycles. The Morgan fingerprint density at radius 1 is 1.17 bits per heavy atom. The third kappa shape index (κ3) is 1.61. The average molecular weight is 235 g/mol. The Bertz CT molecular complexity index is 760. The highest BCUT2D eigenvalue weighted by Gasteiger charge is 2.06. The Kier molecular flexibility index (Phi) is 2.45. The van der Waals surface area contributed by atoms with Gasteiger partial charge in [-0.15, -0.1) is 0 Å². The molecule has 2 aromatic heterocycles. The molecule has 2 N–H and O–H groups in total. The van der Waals surface area contributed by atoms with Crippen LogP contribution in [0.15, 0.2) is 42.6 Å². The summed E-state index contributed by atoms with van der Waals surface area (Å²) in [6.45, 7) is 2.00. The van der Waals surface area contributed by atoms with Gasteiger partial charge in [-0.25, -0.2) is 4.98 Å². The van der Waals surface area contributed by atoms with Crippen LogP contribution in [0.1, 0.15) is 12.5 Å². The standard InChI is InChI=1S/C15H13N3/c1-2-4-10-6-7-11-12-5-3-8-17-14(12)15(16)18-13(11)9-10/h2-9H,1H3,(H2,16,18). The number of nitrogens with zero attached hydrogens (tertiary/aromatic N) is 2. The minimum atomic E-state index is 0.482. The number of anilines is 1. The Hall–Kier alpha value is -2.42. The number of allylic oxidation sites excluding steroid dienone is 1. The first-order valence-electron chi connectivity index (χ1n) is 5.86. The summed E-state index contributed by atoms with van der Waals surface area (Å²) in [5.74, 6) is 0.482. The summed E-state index contributed by atoms with van der Waals surface area (Å²) in [4.78, 5) is 8.72. The minimum Gasteiger partial charge on any atom is -0.382 e. The molecule has 0 aliphatic carbocycles. The monoisotopic (exact) mass is 235 g/mol. The number of pyridine rings is 2. The zero-order chi connectivity index (χ0) is 12.5. The van der Waals surface area contributed by atoms with Crippen LogP contribution < -0.4 is 5.73 Å². The van der Waals surface area contributed by atoms with E-state index in [4.69, 9.17) is 5.73 Å². The molecule has 0 fully saturated rings. The van der Waals surface area contributed by atoms with Gasteiger partial charge in [-0.2, -0.15) is 0 Å². The van der Waals surface area contributed by atoms with Crippen molar-refractivity contribution in [1.29, 1.82) is 0 Å². The molecular formula is C15H13N3. The maximum absolute atomic E-state index is 5.95. The van der Waals surface area contributed by atoms with E-state index in [2.05, 4.69) is 22.1 Å². The number of nitrogens with two attached hydrogens (primary N) is 1. The van der Waals surface area contributed by atoms with Gasteiger partial charge in [0.05, 0.1) is 5.52 Å². The zero-order valence-electron chi connectivity index (χ0n) is 10.1. The van der Waals surface area contributed by atoms with Gasteiger partial charge in [0.1, 0.15) is 5.52 Å². The Balaban J connectivity index is 2.42. The molecule has 3 heteroatoms. The van der Waals surface area contributed by atoms with Gasteiger partial charge in [-0.05, 0) is 24.6 Å². The summed E-state index contributed by atoms with van der Waals surface area (Å²) in [7, 11) is 0. The van der Waals surface area contributed by atoms with Crippen LogP contribution in [0, 0.1) is 0 Å². The second-order valence-corrected chi connectivity index (χ2v) is 4.17. The van der Waals surface area contributed by atoms with Crippen molar-refractivity contribution in [3.63, 3.8) is 0 Å². The first kappa shape index (κ1) is 10.7. The van der Waals surface area contributed by atoms with E-state index in [-0.39, 0.29) is 0 Å². The molecular weight excluding hydrogens is 222 g/mol. The Morgan fingerprint density at radius 2 is 2.06 bits per heavy atom. The predicted octanol–water partition coefficient (Wildman–Crippen LogP) is 3.40. The molecule has 88 valence electrons. The summed E-state index contributed by atoms with van der Waals surface area (Å²) < 4.78 is 0. The van der Waals surface area contributed by atoms with E-state index in [0.29, 0.717) is 5.82 Å². The van der Waals surface area contributed by atoms with Gasteiger partial charge in [-0.1, -0.05) is 30.4 Å². The summed E-state index contributed by atoms with van der Waals surface area (Å²) in [6.07, 6.45) is 5.79. The van der Waals surface area contributed by atoms with Crippen molar-refractivity contribution in [1.82, 2.24) is 9.97 Å². The number of hydrogen-bond donors (Lipinski definition) is 1. The van der Waals surface area contributed by atoms with Crippen molar-refractivity contribution in [2.75, 3.05) is 5.73 Å². The Morgan fingerprint density at radius 3 is 2.89 bits per heavy atom. The first-order chi connectivity index (χ1) is 8.79. The molecule has 0 aliphatic heterocycles. The summed E-state index contributed by atoms with van der Waals surface area (Å²) >= 11 is 0. The highest BCUT2D eigenvalue weighted by Crippen LogP contribution is 2.26. The lowest BCUT2D eigenvalue weighted by molar-refractivity contribution is 1.36. The maximum Gasteiger partial charge on any atom is 0.150 e. The Labute approximate surface area is 105 Å². The molecule has 0 bridgehead atoms. The topological polar surface area (TPSA) is 51.8 Å². The van der Waals surface area contributed by atoms with E-state index in [1.807, 2.05) is 37.3 Å². The van der Waals surface area contributed by atoms with Crippen LogP contribution in [0.5, 0.6) is 0 Å². The normalized spacial score (nSPS) is 11.6. The van der Waals surface area contributed by atoms with Gasteiger partial charge in [0.25, 0.3) is 0 Å². The first-order valence-corrected chi connectivity index (χ1v) is 5.86. The van der Waals surface area contributed by atoms with E-state index in [1.54, 1.807) is 6.20 Å². The molecule has 3 rings (SSSR count). The van der Waals surface area contributed by atoms with E-state index < -0.39 is 0 Å². The second-order valence-electron chi connectivity index (χ2n) is 4.17. The lowest BCUT2D eigenvalue weighted by Gasteiger charge is -2.06. The molecule has 0 unspecified atom stereocenters. The molecule has 3 aromatic rings. The molecule has 0 amide bonds. The molecule has 0 saturated heterocycles. The fourth-order valence-electron chi connectivity index (χ4n) is 2.17. The van der Waals surface area contributed by atoms with Gasteiger partial charge in [0, 0.05) is 17.0 Å². The minimum absolute atomic E-state index is 0.482. The lowest BCUT2D eigenvalue weighted by Crippen LogP contribution is -1.95. The second kappa shape index (κ2) is 4.11. The van der Waals surface area contributed by atoms with Crippen LogP contribution in [-0.2, 0) is 0 Å². The molecule has 0 aliphatic rings. The summed E-state index contributed by atoms with van der Waals surface area (Å²) in [6, 6.07) is 10.1. The van der Waals surface area contributed by atoms with Crippen molar-refractivity contribution in [2.45, 2.75) is 6.92 Å². The lowest BCUT2D eigenvalue weighted by atomic mass is 10.1. The van der Waals surface area contributed by atoms with Crippen LogP contribution in [0.3, 0.4) is 0 Å². The van der Waals surface area contributed by atoms with E-state index in [1.165, 1.54) is 0 Å².